The fourth-order valence-electron chi connectivity index (χ4n) is 1.53. The molecule has 1 unspecified atom stereocenters. The van der Waals surface area contributed by atoms with Gasteiger partial charge in [-0.25, -0.2) is 0 Å². The Morgan fingerprint density at radius 3 is 2.41 bits per heavy atom. The molecular formula is C13H11Cl2NO. The van der Waals surface area contributed by atoms with Gasteiger partial charge in [0.25, 0.3) is 0 Å². The molecule has 0 radical (unpaired) electrons. The maximum Gasteiger partial charge on any atom is 0.122 e. The van der Waals surface area contributed by atoms with Crippen molar-refractivity contribution < 1.29 is 5.11 Å². The normalized spacial score (nSPS) is 12.5. The lowest BCUT2D eigenvalue weighted by Gasteiger charge is -2.12. The van der Waals surface area contributed by atoms with Crippen molar-refractivity contribution in [3.8, 4) is 0 Å². The highest BCUT2D eigenvalue weighted by molar-refractivity contribution is 6.34. The number of rotatable bonds is 2. The van der Waals surface area contributed by atoms with Gasteiger partial charge in [-0.1, -0.05) is 53.0 Å². The third-order valence-electron chi connectivity index (χ3n) is 2.49. The average Bonchev–Trinajstić information content (AvgIpc) is 2.29. The fourth-order valence-corrected chi connectivity index (χ4v) is 2.02. The van der Waals surface area contributed by atoms with Crippen LogP contribution in [-0.4, -0.2) is 10.1 Å². The molecule has 0 aliphatic rings. The van der Waals surface area contributed by atoms with Gasteiger partial charge in [-0.15, -0.1) is 0 Å². The van der Waals surface area contributed by atoms with E-state index in [4.69, 9.17) is 23.2 Å². The number of aryl methyl sites for hydroxylation is 1. The predicted octanol–water partition coefficient (Wildman–Crippen LogP) is 3.78. The molecule has 0 aliphatic carbocycles. The number of aliphatic hydroxyl groups is 1. The standard InChI is InChI=1S/C13H11Cl2NO/c1-8-2-4-9(5-3-8)13(17)12-11(15)6-10(14)7-16-12/h2-7,13,17H,1H3. The molecule has 1 aromatic heterocycles. The minimum atomic E-state index is -0.833. The van der Waals surface area contributed by atoms with Gasteiger partial charge in [0, 0.05) is 6.20 Å². The van der Waals surface area contributed by atoms with Gasteiger partial charge in [-0.3, -0.25) is 4.98 Å². The summed E-state index contributed by atoms with van der Waals surface area (Å²) in [7, 11) is 0. The quantitative estimate of drug-likeness (QED) is 0.899. The summed E-state index contributed by atoms with van der Waals surface area (Å²) in [6.07, 6.45) is 0.639. The molecule has 0 amide bonds. The Kier molecular flexibility index (Phi) is 3.67. The monoisotopic (exact) mass is 267 g/mol. The first-order valence-corrected chi connectivity index (χ1v) is 5.89. The first-order valence-electron chi connectivity index (χ1n) is 5.13. The first-order chi connectivity index (χ1) is 8.08. The van der Waals surface area contributed by atoms with E-state index in [-0.39, 0.29) is 0 Å². The molecule has 2 rings (SSSR count). The number of aliphatic hydroxyl groups excluding tert-OH is 1. The van der Waals surface area contributed by atoms with E-state index in [0.717, 1.165) is 11.1 Å². The van der Waals surface area contributed by atoms with Crippen LogP contribution in [0, 0.1) is 6.92 Å². The second kappa shape index (κ2) is 5.05. The second-order valence-electron chi connectivity index (χ2n) is 3.83. The van der Waals surface area contributed by atoms with E-state index in [2.05, 4.69) is 4.98 Å². The molecule has 17 heavy (non-hydrogen) atoms. The van der Waals surface area contributed by atoms with E-state index < -0.39 is 6.10 Å². The number of aromatic nitrogens is 1. The van der Waals surface area contributed by atoms with E-state index in [1.165, 1.54) is 6.20 Å². The SMILES string of the molecule is Cc1ccc(C(O)c2ncc(Cl)cc2Cl)cc1. The third kappa shape index (κ3) is 2.78. The molecule has 0 fully saturated rings. The molecule has 1 heterocycles. The minimum absolute atomic E-state index is 0.366. The first kappa shape index (κ1) is 12.4. The van der Waals surface area contributed by atoms with Crippen molar-refractivity contribution >= 4 is 23.2 Å². The topological polar surface area (TPSA) is 33.1 Å². The highest BCUT2D eigenvalue weighted by Crippen LogP contribution is 2.28. The molecule has 0 bridgehead atoms. The van der Waals surface area contributed by atoms with E-state index in [0.29, 0.717) is 15.7 Å². The minimum Gasteiger partial charge on any atom is -0.382 e. The van der Waals surface area contributed by atoms with Crippen LogP contribution < -0.4 is 0 Å². The van der Waals surface area contributed by atoms with E-state index in [9.17, 15) is 5.11 Å². The lowest BCUT2D eigenvalue weighted by atomic mass is 10.0. The summed E-state index contributed by atoms with van der Waals surface area (Å²) >= 11 is 11.8. The third-order valence-corrected chi connectivity index (χ3v) is 3.00. The lowest BCUT2D eigenvalue weighted by molar-refractivity contribution is 0.215. The largest absolute Gasteiger partial charge is 0.382 e. The molecule has 1 atom stereocenters. The van der Waals surface area contributed by atoms with Crippen molar-refractivity contribution in [1.29, 1.82) is 0 Å². The van der Waals surface area contributed by atoms with Crippen molar-refractivity contribution in [2.24, 2.45) is 0 Å². The maximum absolute atomic E-state index is 10.2. The molecule has 0 spiro atoms. The van der Waals surface area contributed by atoms with Crippen LogP contribution in [0.5, 0.6) is 0 Å². The van der Waals surface area contributed by atoms with Gasteiger partial charge in [-0.05, 0) is 18.6 Å². The van der Waals surface area contributed by atoms with E-state index in [1.54, 1.807) is 6.07 Å². The molecule has 0 saturated carbocycles. The number of nitrogens with zero attached hydrogens (tertiary/aromatic N) is 1. The Morgan fingerprint density at radius 2 is 1.82 bits per heavy atom. The van der Waals surface area contributed by atoms with Crippen LogP contribution in [-0.2, 0) is 0 Å². The molecule has 1 N–H and O–H groups in total. The van der Waals surface area contributed by atoms with E-state index >= 15 is 0 Å². The smallest absolute Gasteiger partial charge is 0.122 e. The summed E-state index contributed by atoms with van der Waals surface area (Å²) in [6.45, 7) is 1.99. The van der Waals surface area contributed by atoms with Gasteiger partial charge in [-0.2, -0.15) is 0 Å². The number of hydrogen-bond acceptors (Lipinski definition) is 2. The maximum atomic E-state index is 10.2. The van der Waals surface area contributed by atoms with Crippen LogP contribution >= 0.6 is 23.2 Å². The van der Waals surface area contributed by atoms with Crippen LogP contribution in [0.1, 0.15) is 22.9 Å². The zero-order chi connectivity index (χ0) is 12.4. The van der Waals surface area contributed by atoms with Gasteiger partial charge >= 0.3 is 0 Å². The Hall–Kier alpha value is -1.09. The van der Waals surface area contributed by atoms with Crippen LogP contribution in [0.3, 0.4) is 0 Å². The molecule has 2 nitrogen and oxygen atoms in total. The summed E-state index contributed by atoms with van der Waals surface area (Å²) in [5.74, 6) is 0. The van der Waals surface area contributed by atoms with Crippen molar-refractivity contribution in [2.75, 3.05) is 0 Å². The van der Waals surface area contributed by atoms with Gasteiger partial charge in [0.15, 0.2) is 0 Å². The summed E-state index contributed by atoms with van der Waals surface area (Å²) < 4.78 is 0. The van der Waals surface area contributed by atoms with Gasteiger partial charge in [0.1, 0.15) is 6.10 Å². The fraction of sp³-hybridized carbons (Fsp3) is 0.154. The molecule has 2 aromatic rings. The second-order valence-corrected chi connectivity index (χ2v) is 4.68. The summed E-state index contributed by atoms with van der Waals surface area (Å²) in [4.78, 5) is 4.06. The average molecular weight is 268 g/mol. The van der Waals surface area contributed by atoms with Crippen LogP contribution in [0.15, 0.2) is 36.5 Å². The molecular weight excluding hydrogens is 257 g/mol. The Labute approximate surface area is 110 Å². The van der Waals surface area contributed by atoms with E-state index in [1.807, 2.05) is 31.2 Å². The zero-order valence-electron chi connectivity index (χ0n) is 9.19. The Bertz CT molecular complexity index is 525. The Morgan fingerprint density at radius 1 is 1.18 bits per heavy atom. The summed E-state index contributed by atoms with van der Waals surface area (Å²) in [6, 6.07) is 9.15. The van der Waals surface area contributed by atoms with Gasteiger partial charge < -0.3 is 5.11 Å². The van der Waals surface area contributed by atoms with Crippen molar-refractivity contribution in [3.63, 3.8) is 0 Å². The molecule has 4 heteroatoms. The van der Waals surface area contributed by atoms with Crippen LogP contribution in [0.2, 0.25) is 10.0 Å². The van der Waals surface area contributed by atoms with Crippen molar-refractivity contribution in [3.05, 3.63) is 63.4 Å². The van der Waals surface area contributed by atoms with Gasteiger partial charge in [0.05, 0.1) is 15.7 Å². The number of benzene rings is 1. The summed E-state index contributed by atoms with van der Waals surface area (Å²) in [5, 5.41) is 11.0. The molecule has 88 valence electrons. The zero-order valence-corrected chi connectivity index (χ0v) is 10.7. The number of pyridine rings is 1. The van der Waals surface area contributed by atoms with Gasteiger partial charge in [0.2, 0.25) is 0 Å². The van der Waals surface area contributed by atoms with Crippen molar-refractivity contribution in [2.45, 2.75) is 13.0 Å². The van der Waals surface area contributed by atoms with Crippen LogP contribution in [0.4, 0.5) is 0 Å². The predicted molar refractivity (Wildman–Crippen MR) is 69.5 cm³/mol. The lowest BCUT2D eigenvalue weighted by Crippen LogP contribution is -2.03. The highest BCUT2D eigenvalue weighted by Gasteiger charge is 2.15. The number of hydrogen-bond donors (Lipinski definition) is 1. The highest BCUT2D eigenvalue weighted by atomic mass is 35.5. The number of halogens is 2. The molecule has 0 saturated heterocycles. The molecule has 1 aromatic carbocycles. The molecule has 0 aliphatic heterocycles. The van der Waals surface area contributed by atoms with Crippen molar-refractivity contribution in [1.82, 2.24) is 4.98 Å². The van der Waals surface area contributed by atoms with Crippen LogP contribution in [0.25, 0.3) is 0 Å². The summed E-state index contributed by atoms with van der Waals surface area (Å²) in [5.41, 5.74) is 2.31. The Balaban J connectivity index is 2.36.